The molecule has 1 heterocycles. The van der Waals surface area contributed by atoms with Crippen molar-refractivity contribution in [1.29, 1.82) is 0 Å². The Kier molecular flexibility index (Phi) is 3.68. The van der Waals surface area contributed by atoms with Crippen LogP contribution < -0.4 is 11.5 Å². The molecule has 2 aromatic rings. The van der Waals surface area contributed by atoms with Gasteiger partial charge in [-0.1, -0.05) is 18.6 Å². The molecule has 1 amide bonds. The van der Waals surface area contributed by atoms with Crippen LogP contribution in [0.5, 0.6) is 0 Å². The third-order valence-corrected chi connectivity index (χ3v) is 5.23. The number of primary amides is 1. The van der Waals surface area contributed by atoms with Crippen molar-refractivity contribution in [3.05, 3.63) is 45.4 Å². The number of anilines is 1. The van der Waals surface area contributed by atoms with Crippen LogP contribution in [-0.2, 0) is 0 Å². The number of rotatable bonds is 4. The highest BCUT2D eigenvalue weighted by molar-refractivity contribution is 7.13. The summed E-state index contributed by atoms with van der Waals surface area (Å²) >= 11 is 1.38. The predicted octanol–water partition coefficient (Wildman–Crippen LogP) is 3.06. The van der Waals surface area contributed by atoms with Gasteiger partial charge in [-0.3, -0.25) is 4.79 Å². The minimum Gasteiger partial charge on any atom is -0.399 e. The molecule has 4 N–H and O–H groups in total. The number of carbonyl (C=O) groups is 1. The summed E-state index contributed by atoms with van der Waals surface area (Å²) in [6.07, 6.45) is 3.65. The summed E-state index contributed by atoms with van der Waals surface area (Å²) < 4.78 is 0. The van der Waals surface area contributed by atoms with Crippen LogP contribution in [-0.4, -0.2) is 10.9 Å². The Morgan fingerprint density at radius 2 is 2.19 bits per heavy atom. The van der Waals surface area contributed by atoms with Crippen molar-refractivity contribution >= 4 is 22.9 Å². The van der Waals surface area contributed by atoms with Crippen LogP contribution in [0.25, 0.3) is 0 Å². The average Bonchev–Trinajstić information content (AvgIpc) is 2.75. The van der Waals surface area contributed by atoms with E-state index in [1.165, 1.54) is 36.2 Å². The molecule has 1 aromatic carbocycles. The summed E-state index contributed by atoms with van der Waals surface area (Å²) in [4.78, 5) is 17.0. The quantitative estimate of drug-likeness (QED) is 0.851. The normalized spacial score (nSPS) is 16.4. The van der Waals surface area contributed by atoms with Crippen molar-refractivity contribution in [3.8, 4) is 0 Å². The fourth-order valence-electron chi connectivity index (χ4n) is 2.98. The van der Waals surface area contributed by atoms with Gasteiger partial charge in [0.2, 0.25) is 0 Å². The van der Waals surface area contributed by atoms with Gasteiger partial charge in [-0.2, -0.15) is 0 Å². The molecule has 0 saturated heterocycles. The summed E-state index contributed by atoms with van der Waals surface area (Å²) in [5, 5.41) is 0.399. The Balaban J connectivity index is 2.05. The fraction of sp³-hybridized carbons (Fsp3) is 0.375. The van der Waals surface area contributed by atoms with Crippen LogP contribution >= 0.6 is 11.3 Å². The van der Waals surface area contributed by atoms with E-state index in [9.17, 15) is 4.79 Å². The van der Waals surface area contributed by atoms with Crippen LogP contribution in [0.3, 0.4) is 0 Å². The van der Waals surface area contributed by atoms with Crippen molar-refractivity contribution in [2.75, 3.05) is 5.73 Å². The lowest BCUT2D eigenvalue weighted by atomic mass is 9.71. The van der Waals surface area contributed by atoms with Gasteiger partial charge in [-0.15, -0.1) is 11.3 Å². The van der Waals surface area contributed by atoms with Gasteiger partial charge in [0.05, 0.1) is 5.69 Å². The molecule has 0 bridgehead atoms. The van der Waals surface area contributed by atoms with Crippen LogP contribution in [0.15, 0.2) is 24.3 Å². The second-order valence-corrected chi connectivity index (χ2v) is 6.87. The van der Waals surface area contributed by atoms with Crippen LogP contribution in [0.2, 0.25) is 0 Å². The molecule has 1 unspecified atom stereocenters. The molecule has 0 radical (unpaired) electrons. The molecule has 1 atom stereocenters. The number of benzene rings is 1. The van der Waals surface area contributed by atoms with Crippen molar-refractivity contribution in [2.45, 2.75) is 32.1 Å². The van der Waals surface area contributed by atoms with Gasteiger partial charge in [-0.05, 0) is 43.4 Å². The van der Waals surface area contributed by atoms with Gasteiger partial charge in [0.1, 0.15) is 0 Å². The van der Waals surface area contributed by atoms with E-state index in [2.05, 4.69) is 11.1 Å². The van der Waals surface area contributed by atoms with Crippen molar-refractivity contribution in [1.82, 2.24) is 4.98 Å². The SMILES string of the molecule is Cc1sc(C(N)=O)nc1C(c1cccc(N)c1)C1CCC1. The summed E-state index contributed by atoms with van der Waals surface area (Å²) in [6.45, 7) is 2.01. The molecule has 5 heteroatoms. The lowest BCUT2D eigenvalue weighted by molar-refractivity contribution is 0.0999. The molecule has 4 nitrogen and oxygen atoms in total. The summed E-state index contributed by atoms with van der Waals surface area (Å²) in [7, 11) is 0. The Labute approximate surface area is 128 Å². The zero-order valence-electron chi connectivity index (χ0n) is 12.0. The van der Waals surface area contributed by atoms with E-state index in [0.29, 0.717) is 10.9 Å². The van der Waals surface area contributed by atoms with Crippen LogP contribution in [0.4, 0.5) is 5.69 Å². The molecule has 3 rings (SSSR count). The number of nitrogens with two attached hydrogens (primary N) is 2. The Morgan fingerprint density at radius 3 is 2.71 bits per heavy atom. The average molecular weight is 301 g/mol. The third kappa shape index (κ3) is 2.65. The fourth-order valence-corrected chi connectivity index (χ4v) is 3.79. The van der Waals surface area contributed by atoms with E-state index in [1.54, 1.807) is 0 Å². The number of carbonyl (C=O) groups excluding carboxylic acids is 1. The highest BCUT2D eigenvalue weighted by Gasteiger charge is 2.33. The largest absolute Gasteiger partial charge is 0.399 e. The number of aromatic nitrogens is 1. The first-order valence-electron chi connectivity index (χ1n) is 7.19. The second kappa shape index (κ2) is 5.48. The molecule has 1 aliphatic rings. The molecular weight excluding hydrogens is 282 g/mol. The molecule has 1 aliphatic carbocycles. The van der Waals surface area contributed by atoms with E-state index in [0.717, 1.165) is 16.3 Å². The van der Waals surface area contributed by atoms with Gasteiger partial charge in [0.15, 0.2) is 5.01 Å². The summed E-state index contributed by atoms with van der Waals surface area (Å²) in [6, 6.07) is 7.99. The van der Waals surface area contributed by atoms with Gasteiger partial charge in [0, 0.05) is 16.5 Å². The number of nitrogens with zero attached hydrogens (tertiary/aromatic N) is 1. The Bertz CT molecular complexity index is 676. The highest BCUT2D eigenvalue weighted by Crippen LogP contribution is 2.44. The molecule has 1 aromatic heterocycles. The van der Waals surface area contributed by atoms with Gasteiger partial charge >= 0.3 is 0 Å². The maximum Gasteiger partial charge on any atom is 0.277 e. The highest BCUT2D eigenvalue weighted by atomic mass is 32.1. The van der Waals surface area contributed by atoms with E-state index >= 15 is 0 Å². The maximum absolute atomic E-state index is 11.4. The topological polar surface area (TPSA) is 82.0 Å². The third-order valence-electron chi connectivity index (χ3n) is 4.23. The number of nitrogen functional groups attached to an aromatic ring is 1. The number of aryl methyl sites for hydroxylation is 1. The van der Waals surface area contributed by atoms with Crippen LogP contribution in [0.1, 0.15) is 51.1 Å². The molecule has 1 saturated carbocycles. The van der Waals surface area contributed by atoms with E-state index in [-0.39, 0.29) is 5.92 Å². The van der Waals surface area contributed by atoms with E-state index in [4.69, 9.17) is 11.5 Å². The Hall–Kier alpha value is -1.88. The Morgan fingerprint density at radius 1 is 1.43 bits per heavy atom. The lowest BCUT2D eigenvalue weighted by Gasteiger charge is -2.33. The second-order valence-electron chi connectivity index (χ2n) is 5.66. The zero-order valence-corrected chi connectivity index (χ0v) is 12.8. The van der Waals surface area contributed by atoms with E-state index in [1.807, 2.05) is 25.1 Å². The van der Waals surface area contributed by atoms with Crippen LogP contribution in [0, 0.1) is 12.8 Å². The smallest absolute Gasteiger partial charge is 0.277 e. The van der Waals surface area contributed by atoms with Crippen molar-refractivity contribution < 1.29 is 4.79 Å². The zero-order chi connectivity index (χ0) is 15.0. The molecule has 110 valence electrons. The first-order chi connectivity index (χ1) is 10.1. The number of amides is 1. The van der Waals surface area contributed by atoms with Crippen molar-refractivity contribution in [3.63, 3.8) is 0 Å². The minimum atomic E-state index is -0.450. The van der Waals surface area contributed by atoms with E-state index < -0.39 is 5.91 Å². The molecule has 0 spiro atoms. The molecule has 1 fully saturated rings. The maximum atomic E-state index is 11.4. The standard InChI is InChI=1S/C16H19N3OS/c1-9-14(19-16(21-9)15(18)20)13(10-4-2-5-10)11-6-3-7-12(17)8-11/h3,6-8,10,13H,2,4-5,17H2,1H3,(H2,18,20). The van der Waals surface area contributed by atoms with Crippen molar-refractivity contribution in [2.24, 2.45) is 11.7 Å². The minimum absolute atomic E-state index is 0.214. The molecule has 0 aliphatic heterocycles. The number of hydrogen-bond acceptors (Lipinski definition) is 4. The van der Waals surface area contributed by atoms with Gasteiger partial charge < -0.3 is 11.5 Å². The first-order valence-corrected chi connectivity index (χ1v) is 8.00. The number of thiazole rings is 1. The molecular formula is C16H19N3OS. The lowest BCUT2D eigenvalue weighted by Crippen LogP contribution is -2.22. The van der Waals surface area contributed by atoms with Gasteiger partial charge in [0.25, 0.3) is 5.91 Å². The number of hydrogen-bond donors (Lipinski definition) is 2. The monoisotopic (exact) mass is 301 g/mol. The first kappa shape index (κ1) is 14.1. The summed E-state index contributed by atoms with van der Waals surface area (Å²) in [5.74, 6) is 0.342. The summed E-state index contributed by atoms with van der Waals surface area (Å²) in [5.41, 5.74) is 14.2. The molecule has 21 heavy (non-hydrogen) atoms. The van der Waals surface area contributed by atoms with Gasteiger partial charge in [-0.25, -0.2) is 4.98 Å². The predicted molar refractivity (Wildman–Crippen MR) is 85.4 cm³/mol.